The Bertz CT molecular complexity index is 350. The van der Waals surface area contributed by atoms with Crippen LogP contribution in [0.25, 0.3) is 0 Å². The fourth-order valence-corrected chi connectivity index (χ4v) is 1.66. The first-order chi connectivity index (χ1) is 8.26. The Hall–Kier alpha value is -1.46. The molecule has 0 radical (unpaired) electrons. The normalized spacial score (nSPS) is 11.8. The van der Waals surface area contributed by atoms with Crippen molar-refractivity contribution in [2.24, 2.45) is 0 Å². The van der Waals surface area contributed by atoms with Gasteiger partial charge in [0.2, 0.25) is 0 Å². The van der Waals surface area contributed by atoms with Crippen molar-refractivity contribution in [3.05, 3.63) is 29.8 Å². The highest BCUT2D eigenvalue weighted by molar-refractivity contribution is 5.28. The third-order valence-electron chi connectivity index (χ3n) is 2.53. The Morgan fingerprint density at radius 1 is 1.35 bits per heavy atom. The smallest absolute Gasteiger partial charge is 0.148 e. The molecule has 1 aromatic carbocycles. The lowest BCUT2D eigenvalue weighted by Gasteiger charge is -2.13. The van der Waals surface area contributed by atoms with Gasteiger partial charge in [-0.1, -0.05) is 25.0 Å². The van der Waals surface area contributed by atoms with Crippen LogP contribution in [0.3, 0.4) is 0 Å². The van der Waals surface area contributed by atoms with Crippen LogP contribution in [-0.4, -0.2) is 19.2 Å². The summed E-state index contributed by atoms with van der Waals surface area (Å²) in [4.78, 5) is 0. The highest BCUT2D eigenvalue weighted by Gasteiger charge is 2.02. The molecule has 0 aliphatic carbocycles. The monoisotopic (exact) mass is 231 g/mol. The van der Waals surface area contributed by atoms with E-state index in [0.717, 1.165) is 18.7 Å². The molecular weight excluding hydrogens is 210 g/mol. The van der Waals surface area contributed by atoms with Crippen LogP contribution in [-0.2, 0) is 6.42 Å². The van der Waals surface area contributed by atoms with Crippen LogP contribution in [0, 0.1) is 12.3 Å². The van der Waals surface area contributed by atoms with Crippen molar-refractivity contribution in [2.45, 2.75) is 32.7 Å². The van der Waals surface area contributed by atoms with Gasteiger partial charge in [-0.3, -0.25) is 0 Å². The second-order valence-corrected chi connectivity index (χ2v) is 4.20. The highest BCUT2D eigenvalue weighted by atomic mass is 16.5. The van der Waals surface area contributed by atoms with Gasteiger partial charge in [-0.05, 0) is 44.0 Å². The van der Waals surface area contributed by atoms with Crippen molar-refractivity contribution >= 4 is 0 Å². The maximum atomic E-state index is 5.33. The van der Waals surface area contributed by atoms with Crippen molar-refractivity contribution in [3.8, 4) is 18.1 Å². The molecule has 92 valence electrons. The Morgan fingerprint density at radius 2 is 2.06 bits per heavy atom. The molecule has 0 amide bonds. The summed E-state index contributed by atoms with van der Waals surface area (Å²) in [6, 6.07) is 8.64. The van der Waals surface area contributed by atoms with Crippen LogP contribution in [0.2, 0.25) is 0 Å². The first-order valence-electron chi connectivity index (χ1n) is 6.14. The minimum absolute atomic E-state index is 0.327. The summed E-state index contributed by atoms with van der Waals surface area (Å²) < 4.78 is 5.33. The average molecular weight is 231 g/mol. The fraction of sp³-hybridized carbons (Fsp3) is 0.467. The van der Waals surface area contributed by atoms with Crippen LogP contribution in [0.5, 0.6) is 5.75 Å². The molecule has 0 aliphatic heterocycles. The summed E-state index contributed by atoms with van der Waals surface area (Å²) in [7, 11) is 0. The van der Waals surface area contributed by atoms with Crippen LogP contribution >= 0.6 is 0 Å². The summed E-state index contributed by atoms with van der Waals surface area (Å²) in [5, 5.41) is 3.47. The van der Waals surface area contributed by atoms with Gasteiger partial charge >= 0.3 is 0 Å². The molecule has 0 fully saturated rings. The van der Waals surface area contributed by atoms with Gasteiger partial charge in [-0.15, -0.1) is 6.42 Å². The largest absolute Gasteiger partial charge is 0.481 e. The molecule has 0 spiro atoms. The number of hydrogen-bond donors (Lipinski definition) is 1. The number of nitrogens with one attached hydrogen (secondary N) is 1. The second-order valence-electron chi connectivity index (χ2n) is 4.20. The van der Waals surface area contributed by atoms with Crippen molar-refractivity contribution in [1.82, 2.24) is 5.32 Å². The van der Waals surface area contributed by atoms with Crippen molar-refractivity contribution in [3.63, 3.8) is 0 Å². The zero-order valence-electron chi connectivity index (χ0n) is 10.7. The molecule has 0 bridgehead atoms. The summed E-state index contributed by atoms with van der Waals surface area (Å²) in [5.41, 5.74) is 1.31. The Balaban J connectivity index is 2.42. The standard InChI is InChI=1S/C15H21NO/c1-4-10-16-13(3)12-14-6-8-15(9-7-14)17-11-5-2/h2,6-9,13,16H,4,10-12H2,1,3H3. The van der Waals surface area contributed by atoms with Gasteiger partial charge in [-0.25, -0.2) is 0 Å². The van der Waals surface area contributed by atoms with Crippen molar-refractivity contribution < 1.29 is 4.74 Å². The summed E-state index contributed by atoms with van der Waals surface area (Å²) in [6.07, 6.45) is 7.34. The van der Waals surface area contributed by atoms with Crippen LogP contribution < -0.4 is 10.1 Å². The molecule has 1 aromatic rings. The topological polar surface area (TPSA) is 21.3 Å². The molecule has 17 heavy (non-hydrogen) atoms. The van der Waals surface area contributed by atoms with E-state index in [9.17, 15) is 0 Å². The third-order valence-corrected chi connectivity index (χ3v) is 2.53. The number of benzene rings is 1. The molecule has 1 N–H and O–H groups in total. The molecule has 0 aromatic heterocycles. The predicted molar refractivity (Wildman–Crippen MR) is 72.2 cm³/mol. The number of rotatable bonds is 7. The van der Waals surface area contributed by atoms with Crippen LogP contribution in [0.1, 0.15) is 25.8 Å². The van der Waals surface area contributed by atoms with Gasteiger partial charge in [0.25, 0.3) is 0 Å². The maximum Gasteiger partial charge on any atom is 0.148 e. The molecule has 0 saturated carbocycles. The molecule has 1 rings (SSSR count). The number of hydrogen-bond acceptors (Lipinski definition) is 2. The summed E-state index contributed by atoms with van der Waals surface area (Å²) in [5.74, 6) is 3.29. The molecule has 0 heterocycles. The third kappa shape index (κ3) is 5.42. The Morgan fingerprint density at radius 3 is 2.65 bits per heavy atom. The van der Waals surface area contributed by atoms with Gasteiger partial charge in [0.1, 0.15) is 12.4 Å². The minimum atomic E-state index is 0.327. The Labute approximate surface area is 104 Å². The first-order valence-corrected chi connectivity index (χ1v) is 6.14. The lowest BCUT2D eigenvalue weighted by atomic mass is 10.1. The number of terminal acetylenes is 1. The SMILES string of the molecule is C#CCOc1ccc(CC(C)NCCC)cc1. The zero-order chi connectivity index (χ0) is 12.5. The van der Waals surface area contributed by atoms with E-state index in [-0.39, 0.29) is 0 Å². The van der Waals surface area contributed by atoms with E-state index in [4.69, 9.17) is 11.2 Å². The molecule has 1 unspecified atom stereocenters. The summed E-state index contributed by atoms with van der Waals surface area (Å²) >= 11 is 0. The first kappa shape index (κ1) is 13.6. The van der Waals surface area contributed by atoms with E-state index in [1.54, 1.807) is 0 Å². The van der Waals surface area contributed by atoms with E-state index < -0.39 is 0 Å². The van der Waals surface area contributed by atoms with E-state index >= 15 is 0 Å². The quantitative estimate of drug-likeness (QED) is 0.728. The Kier molecular flexibility index (Phi) is 6.21. The fourth-order valence-electron chi connectivity index (χ4n) is 1.66. The van der Waals surface area contributed by atoms with Gasteiger partial charge in [0.15, 0.2) is 0 Å². The molecular formula is C15H21NO. The lowest BCUT2D eigenvalue weighted by Crippen LogP contribution is -2.28. The van der Waals surface area contributed by atoms with Gasteiger partial charge in [0, 0.05) is 6.04 Å². The van der Waals surface area contributed by atoms with E-state index in [0.29, 0.717) is 12.6 Å². The average Bonchev–Trinajstić information content (AvgIpc) is 2.35. The van der Waals surface area contributed by atoms with E-state index in [2.05, 4.69) is 37.2 Å². The predicted octanol–water partition coefficient (Wildman–Crippen LogP) is 2.63. The molecule has 1 atom stereocenters. The molecule has 0 saturated heterocycles. The van der Waals surface area contributed by atoms with E-state index in [1.807, 2.05) is 12.1 Å². The lowest BCUT2D eigenvalue weighted by molar-refractivity contribution is 0.370. The van der Waals surface area contributed by atoms with Crippen LogP contribution in [0.15, 0.2) is 24.3 Å². The zero-order valence-corrected chi connectivity index (χ0v) is 10.7. The molecule has 0 aliphatic rings. The number of ether oxygens (including phenoxy) is 1. The van der Waals surface area contributed by atoms with Gasteiger partial charge in [0.05, 0.1) is 0 Å². The summed E-state index contributed by atoms with van der Waals surface area (Å²) in [6.45, 7) is 5.79. The molecule has 2 heteroatoms. The van der Waals surface area contributed by atoms with E-state index in [1.165, 1.54) is 12.0 Å². The van der Waals surface area contributed by atoms with Gasteiger partial charge in [-0.2, -0.15) is 0 Å². The van der Waals surface area contributed by atoms with Crippen LogP contribution in [0.4, 0.5) is 0 Å². The van der Waals surface area contributed by atoms with Crippen molar-refractivity contribution in [1.29, 1.82) is 0 Å². The van der Waals surface area contributed by atoms with Gasteiger partial charge < -0.3 is 10.1 Å². The minimum Gasteiger partial charge on any atom is -0.481 e. The molecule has 2 nitrogen and oxygen atoms in total. The second kappa shape index (κ2) is 7.76. The maximum absolute atomic E-state index is 5.33. The highest BCUT2D eigenvalue weighted by Crippen LogP contribution is 2.13. The van der Waals surface area contributed by atoms with Crippen molar-refractivity contribution in [2.75, 3.05) is 13.2 Å².